The SMILES string of the molecule is Cn1c(Cl)cnc1COc1cc(C(C)(C)C)sc1C(=O)O. The van der Waals surface area contributed by atoms with E-state index in [-0.39, 0.29) is 16.9 Å². The normalized spacial score (nSPS) is 11.7. The van der Waals surface area contributed by atoms with Crippen LogP contribution in [-0.2, 0) is 19.1 Å². The van der Waals surface area contributed by atoms with Crippen LogP contribution >= 0.6 is 22.9 Å². The number of carbonyl (C=O) groups is 1. The Bertz CT molecular complexity index is 670. The Morgan fingerprint density at radius 3 is 2.67 bits per heavy atom. The fourth-order valence-corrected chi connectivity index (χ4v) is 2.85. The predicted molar refractivity (Wildman–Crippen MR) is 82.5 cm³/mol. The number of halogens is 1. The summed E-state index contributed by atoms with van der Waals surface area (Å²) in [6, 6.07) is 1.79. The number of carboxylic acid groups (broad SMARTS) is 1. The summed E-state index contributed by atoms with van der Waals surface area (Å²) in [7, 11) is 1.78. The summed E-state index contributed by atoms with van der Waals surface area (Å²) >= 11 is 7.15. The maximum absolute atomic E-state index is 11.3. The maximum atomic E-state index is 11.3. The molecule has 0 aromatic carbocycles. The van der Waals surface area contributed by atoms with Gasteiger partial charge < -0.3 is 14.4 Å². The van der Waals surface area contributed by atoms with Crippen molar-refractivity contribution in [3.05, 3.63) is 33.0 Å². The number of hydrogen-bond donors (Lipinski definition) is 1. The highest BCUT2D eigenvalue weighted by Gasteiger charge is 2.24. The summed E-state index contributed by atoms with van der Waals surface area (Å²) in [6.07, 6.45) is 1.53. The van der Waals surface area contributed by atoms with Crippen molar-refractivity contribution in [1.82, 2.24) is 9.55 Å². The van der Waals surface area contributed by atoms with Crippen molar-refractivity contribution in [3.8, 4) is 5.75 Å². The molecule has 1 N–H and O–H groups in total. The molecule has 2 heterocycles. The van der Waals surface area contributed by atoms with Crippen LogP contribution in [0.3, 0.4) is 0 Å². The van der Waals surface area contributed by atoms with Crippen LogP contribution < -0.4 is 4.74 Å². The number of aromatic carboxylic acids is 1. The average molecular weight is 329 g/mol. The molecule has 0 fully saturated rings. The van der Waals surface area contributed by atoms with Gasteiger partial charge in [0, 0.05) is 11.9 Å². The van der Waals surface area contributed by atoms with Crippen LogP contribution in [-0.4, -0.2) is 20.6 Å². The van der Waals surface area contributed by atoms with E-state index in [1.165, 1.54) is 17.5 Å². The molecule has 0 radical (unpaired) electrons. The third-order valence-electron chi connectivity index (χ3n) is 3.02. The lowest BCUT2D eigenvalue weighted by atomic mass is 9.95. The molecule has 0 spiro atoms. The molecule has 0 saturated heterocycles. The number of rotatable bonds is 4. The van der Waals surface area contributed by atoms with E-state index < -0.39 is 5.97 Å². The minimum Gasteiger partial charge on any atom is -0.484 e. The molecule has 0 saturated carbocycles. The molecule has 0 aliphatic heterocycles. The number of nitrogens with zero attached hydrogens (tertiary/aromatic N) is 2. The van der Waals surface area contributed by atoms with Gasteiger partial charge in [0.2, 0.25) is 0 Å². The van der Waals surface area contributed by atoms with E-state index in [2.05, 4.69) is 4.98 Å². The highest BCUT2D eigenvalue weighted by Crippen LogP contribution is 2.37. The van der Waals surface area contributed by atoms with E-state index in [1.807, 2.05) is 20.8 Å². The largest absolute Gasteiger partial charge is 0.484 e. The lowest BCUT2D eigenvalue weighted by molar-refractivity contribution is 0.0697. The Kier molecular flexibility index (Phi) is 4.30. The molecule has 0 bridgehead atoms. The lowest BCUT2D eigenvalue weighted by Gasteiger charge is -2.14. The first-order valence-electron chi connectivity index (χ1n) is 6.36. The molecule has 0 amide bonds. The van der Waals surface area contributed by atoms with Gasteiger partial charge in [0.1, 0.15) is 23.3 Å². The van der Waals surface area contributed by atoms with E-state index in [9.17, 15) is 9.90 Å². The summed E-state index contributed by atoms with van der Waals surface area (Å²) in [5, 5.41) is 9.80. The van der Waals surface area contributed by atoms with Crippen molar-refractivity contribution in [2.75, 3.05) is 0 Å². The first-order chi connectivity index (χ1) is 9.70. The molecule has 2 aromatic rings. The molecular formula is C14H17ClN2O3S. The number of thiophene rings is 1. The molecule has 0 unspecified atom stereocenters. The van der Waals surface area contributed by atoms with Gasteiger partial charge in [-0.2, -0.15) is 0 Å². The van der Waals surface area contributed by atoms with Crippen LogP contribution in [0.5, 0.6) is 5.75 Å². The van der Waals surface area contributed by atoms with Gasteiger partial charge in [-0.1, -0.05) is 32.4 Å². The van der Waals surface area contributed by atoms with Gasteiger partial charge in [-0.3, -0.25) is 0 Å². The molecule has 0 atom stereocenters. The summed E-state index contributed by atoms with van der Waals surface area (Å²) in [6.45, 7) is 6.27. The van der Waals surface area contributed by atoms with Gasteiger partial charge in [-0.05, 0) is 11.5 Å². The highest BCUT2D eigenvalue weighted by atomic mass is 35.5. The van der Waals surface area contributed by atoms with Crippen LogP contribution in [0.2, 0.25) is 5.15 Å². The zero-order valence-electron chi connectivity index (χ0n) is 12.3. The van der Waals surface area contributed by atoms with Crippen molar-refractivity contribution in [1.29, 1.82) is 0 Å². The van der Waals surface area contributed by atoms with Crippen molar-refractivity contribution in [3.63, 3.8) is 0 Å². The van der Waals surface area contributed by atoms with Crippen LogP contribution in [0, 0.1) is 0 Å². The lowest BCUT2D eigenvalue weighted by Crippen LogP contribution is -2.08. The second-order valence-corrected chi connectivity index (χ2v) is 7.14. The zero-order chi connectivity index (χ0) is 15.8. The second-order valence-electron chi connectivity index (χ2n) is 5.70. The van der Waals surface area contributed by atoms with Crippen LogP contribution in [0.1, 0.15) is 41.1 Å². The fourth-order valence-electron chi connectivity index (χ4n) is 1.70. The third-order valence-corrected chi connectivity index (χ3v) is 4.90. The first-order valence-corrected chi connectivity index (χ1v) is 7.56. The molecule has 114 valence electrons. The maximum Gasteiger partial charge on any atom is 0.349 e. The van der Waals surface area contributed by atoms with Gasteiger partial charge in [-0.25, -0.2) is 9.78 Å². The van der Waals surface area contributed by atoms with Crippen LogP contribution in [0.25, 0.3) is 0 Å². The second kappa shape index (κ2) is 5.69. The van der Waals surface area contributed by atoms with E-state index in [0.29, 0.717) is 16.7 Å². The topological polar surface area (TPSA) is 64.4 Å². The molecule has 2 rings (SSSR count). The van der Waals surface area contributed by atoms with E-state index >= 15 is 0 Å². The number of ether oxygens (including phenoxy) is 1. The Balaban J connectivity index is 2.25. The summed E-state index contributed by atoms with van der Waals surface area (Å²) < 4.78 is 7.34. The fraction of sp³-hybridized carbons (Fsp3) is 0.429. The van der Waals surface area contributed by atoms with E-state index in [0.717, 1.165) is 4.88 Å². The van der Waals surface area contributed by atoms with Crippen molar-refractivity contribution in [2.24, 2.45) is 7.05 Å². The summed E-state index contributed by atoms with van der Waals surface area (Å²) in [4.78, 5) is 16.6. The minimum atomic E-state index is -0.983. The van der Waals surface area contributed by atoms with Crippen LogP contribution in [0.4, 0.5) is 0 Å². The summed E-state index contributed by atoms with van der Waals surface area (Å²) in [5.41, 5.74) is -0.122. The van der Waals surface area contributed by atoms with Crippen molar-refractivity contribution in [2.45, 2.75) is 32.8 Å². The van der Waals surface area contributed by atoms with Crippen molar-refractivity contribution >= 4 is 28.9 Å². The Labute approximate surface area is 132 Å². The quantitative estimate of drug-likeness (QED) is 0.929. The van der Waals surface area contributed by atoms with Gasteiger partial charge >= 0.3 is 5.97 Å². The average Bonchev–Trinajstić information content (AvgIpc) is 2.93. The van der Waals surface area contributed by atoms with Gasteiger partial charge in [0.25, 0.3) is 0 Å². The standard InChI is InChI=1S/C14H17ClN2O3S/c1-14(2,3)9-5-8(12(21-9)13(18)19)20-7-11-16-6-10(15)17(11)4/h5-6H,7H2,1-4H3,(H,18,19). The molecule has 5 nitrogen and oxygen atoms in total. The Hall–Kier alpha value is -1.53. The van der Waals surface area contributed by atoms with Crippen molar-refractivity contribution < 1.29 is 14.6 Å². The van der Waals surface area contributed by atoms with Crippen LogP contribution in [0.15, 0.2) is 12.3 Å². The zero-order valence-corrected chi connectivity index (χ0v) is 13.9. The monoisotopic (exact) mass is 328 g/mol. The molecule has 0 aliphatic rings. The Morgan fingerprint density at radius 1 is 1.52 bits per heavy atom. The minimum absolute atomic E-state index is 0.122. The van der Waals surface area contributed by atoms with E-state index in [4.69, 9.17) is 16.3 Å². The number of carboxylic acids is 1. The molecule has 21 heavy (non-hydrogen) atoms. The predicted octanol–water partition coefficient (Wildman–Crippen LogP) is 3.71. The molecule has 0 aliphatic carbocycles. The van der Waals surface area contributed by atoms with Gasteiger partial charge in [0.15, 0.2) is 4.88 Å². The first kappa shape index (κ1) is 15.9. The number of aromatic nitrogens is 2. The molecule has 2 aromatic heterocycles. The number of hydrogen-bond acceptors (Lipinski definition) is 4. The smallest absolute Gasteiger partial charge is 0.349 e. The van der Waals surface area contributed by atoms with E-state index in [1.54, 1.807) is 17.7 Å². The summed E-state index contributed by atoms with van der Waals surface area (Å²) in [5.74, 6) is 0.0276. The van der Waals surface area contributed by atoms with Gasteiger partial charge in [0.05, 0.1) is 6.20 Å². The highest BCUT2D eigenvalue weighted by molar-refractivity contribution is 7.14. The van der Waals surface area contributed by atoms with Gasteiger partial charge in [-0.15, -0.1) is 11.3 Å². The number of imidazole rings is 1. The molecular weight excluding hydrogens is 312 g/mol. The third kappa shape index (κ3) is 3.39. The molecule has 7 heteroatoms. The Morgan fingerprint density at radius 2 is 2.19 bits per heavy atom.